The molecule has 0 bridgehead atoms. The minimum absolute atomic E-state index is 0.219. The molecule has 0 radical (unpaired) electrons. The van der Waals surface area contributed by atoms with Crippen molar-refractivity contribution in [1.29, 1.82) is 0 Å². The topological polar surface area (TPSA) is 30.5 Å². The smallest absolute Gasteiger partial charge is 0.0569 e. The van der Waals surface area contributed by atoms with Gasteiger partial charge in [0.05, 0.1) is 13.2 Å². The lowest BCUT2D eigenvalue weighted by molar-refractivity contribution is -0.0516. The average molecular weight is 614 g/mol. The molecule has 0 amide bonds. The molecule has 1 fully saturated rings. The fourth-order valence-electron chi connectivity index (χ4n) is 5.69. The molecule has 0 saturated carbocycles. The van der Waals surface area contributed by atoms with Crippen molar-refractivity contribution >= 4 is 0 Å². The first-order valence-electron chi connectivity index (χ1n) is 19.3. The van der Waals surface area contributed by atoms with Crippen LogP contribution in [0.15, 0.2) is 48.6 Å². The van der Waals surface area contributed by atoms with Gasteiger partial charge in [-0.05, 0) is 77.0 Å². The van der Waals surface area contributed by atoms with Gasteiger partial charge in [-0.15, -0.1) is 0 Å². The van der Waals surface area contributed by atoms with E-state index in [2.05, 4.69) is 67.8 Å². The van der Waals surface area contributed by atoms with E-state index in [0.29, 0.717) is 0 Å². The number of allylic oxidation sites excluding steroid dienone is 8. The molecule has 3 heteroatoms. The number of hydrogen-bond acceptors (Lipinski definition) is 3. The average Bonchev–Trinajstić information content (AvgIpc) is 3.01. The van der Waals surface area contributed by atoms with E-state index < -0.39 is 0 Å². The second-order valence-corrected chi connectivity index (χ2v) is 13.4. The second kappa shape index (κ2) is 33.2. The normalized spacial score (nSPS) is 15.0. The quantitative estimate of drug-likeness (QED) is 0.0578. The van der Waals surface area contributed by atoms with E-state index in [1.54, 1.807) is 0 Å². The molecule has 0 spiro atoms. The van der Waals surface area contributed by atoms with Crippen molar-refractivity contribution in [2.24, 2.45) is 5.41 Å². The number of nitrogens with one attached hydrogen (secondary N) is 1. The van der Waals surface area contributed by atoms with Gasteiger partial charge in [0.1, 0.15) is 0 Å². The van der Waals surface area contributed by atoms with Gasteiger partial charge in [-0.25, -0.2) is 0 Å². The van der Waals surface area contributed by atoms with Crippen LogP contribution in [0.2, 0.25) is 0 Å². The Balaban J connectivity index is 1.83. The molecule has 0 aromatic heterocycles. The van der Waals surface area contributed by atoms with Crippen molar-refractivity contribution in [3.63, 3.8) is 0 Å². The third-order valence-electron chi connectivity index (χ3n) is 8.80. The molecule has 1 N–H and O–H groups in total. The molecule has 1 aliphatic rings. The van der Waals surface area contributed by atoms with Crippen molar-refractivity contribution in [2.45, 2.75) is 168 Å². The zero-order valence-corrected chi connectivity index (χ0v) is 29.6. The Morgan fingerprint density at radius 2 is 0.773 bits per heavy atom. The van der Waals surface area contributed by atoms with Crippen LogP contribution in [0.5, 0.6) is 0 Å². The van der Waals surface area contributed by atoms with E-state index in [1.165, 1.54) is 141 Å². The van der Waals surface area contributed by atoms with E-state index in [4.69, 9.17) is 9.47 Å². The van der Waals surface area contributed by atoms with Crippen LogP contribution >= 0.6 is 0 Å². The van der Waals surface area contributed by atoms with E-state index in [-0.39, 0.29) is 5.41 Å². The summed E-state index contributed by atoms with van der Waals surface area (Å²) < 4.78 is 12.2. The first-order valence-corrected chi connectivity index (χ1v) is 19.3. The van der Waals surface area contributed by atoms with Crippen molar-refractivity contribution in [2.75, 3.05) is 39.5 Å². The predicted molar refractivity (Wildman–Crippen MR) is 196 cm³/mol. The molecule has 3 nitrogen and oxygen atoms in total. The van der Waals surface area contributed by atoms with Crippen LogP contribution in [0.4, 0.5) is 0 Å². The fourth-order valence-corrected chi connectivity index (χ4v) is 5.69. The Labute approximate surface area is 275 Å². The lowest BCUT2D eigenvalue weighted by atomic mass is 9.83. The fraction of sp³-hybridized carbons (Fsp3) is 0.805. The lowest BCUT2D eigenvalue weighted by Gasteiger charge is -2.42. The summed E-state index contributed by atoms with van der Waals surface area (Å²) in [5.41, 5.74) is 0.219. The molecule has 0 aliphatic carbocycles. The molecule has 1 heterocycles. The summed E-state index contributed by atoms with van der Waals surface area (Å²) in [5, 5.41) is 3.44. The van der Waals surface area contributed by atoms with Gasteiger partial charge in [0, 0.05) is 31.7 Å². The maximum atomic E-state index is 6.10. The predicted octanol–water partition coefficient (Wildman–Crippen LogP) is 12.2. The zero-order chi connectivity index (χ0) is 31.5. The highest BCUT2D eigenvalue weighted by molar-refractivity contribution is 4.94. The highest BCUT2D eigenvalue weighted by Gasteiger charge is 2.37. The molecule has 0 atom stereocenters. The monoisotopic (exact) mass is 614 g/mol. The molecule has 44 heavy (non-hydrogen) atoms. The highest BCUT2D eigenvalue weighted by atomic mass is 16.5. The summed E-state index contributed by atoms with van der Waals surface area (Å²) in [6.07, 6.45) is 49.8. The Bertz CT molecular complexity index is 637. The van der Waals surface area contributed by atoms with Crippen LogP contribution in [0.3, 0.4) is 0 Å². The molecule has 0 unspecified atom stereocenters. The third-order valence-corrected chi connectivity index (χ3v) is 8.80. The Morgan fingerprint density at radius 1 is 0.432 bits per heavy atom. The van der Waals surface area contributed by atoms with Crippen LogP contribution in [0, 0.1) is 5.41 Å². The van der Waals surface area contributed by atoms with Crippen molar-refractivity contribution in [1.82, 2.24) is 5.32 Å². The van der Waals surface area contributed by atoms with Crippen LogP contribution in [-0.2, 0) is 9.47 Å². The lowest BCUT2D eigenvalue weighted by Crippen LogP contribution is -2.58. The minimum Gasteiger partial charge on any atom is -0.381 e. The molecule has 0 aromatic rings. The van der Waals surface area contributed by atoms with Gasteiger partial charge >= 0.3 is 0 Å². The number of hydrogen-bond donors (Lipinski definition) is 1. The van der Waals surface area contributed by atoms with E-state index in [0.717, 1.165) is 52.4 Å². The summed E-state index contributed by atoms with van der Waals surface area (Å²) in [5.74, 6) is 0. The minimum atomic E-state index is 0.219. The third kappa shape index (κ3) is 27.2. The van der Waals surface area contributed by atoms with E-state index in [1.807, 2.05) is 0 Å². The standard InChI is InChI=1S/C41H75NO2/c1-3-5-7-9-11-13-15-17-19-21-23-25-27-29-31-33-35-43-39-41(37-42-38-41)40-44-36-34-32-30-28-26-24-22-20-18-16-14-12-10-8-6-4-2/h11-14,17-20,42H,3-10,15-16,21-40H2,1-2H3/b13-11-,14-12-,19-17-,20-18-. The first kappa shape index (κ1) is 40.9. The summed E-state index contributed by atoms with van der Waals surface area (Å²) in [6, 6.07) is 0. The molecular weight excluding hydrogens is 538 g/mol. The van der Waals surface area contributed by atoms with Gasteiger partial charge in [0.15, 0.2) is 0 Å². The Hall–Kier alpha value is -1.16. The second-order valence-electron chi connectivity index (χ2n) is 13.4. The summed E-state index contributed by atoms with van der Waals surface area (Å²) in [6.45, 7) is 10.1. The largest absolute Gasteiger partial charge is 0.381 e. The SMILES string of the molecule is CCCCC/C=C\C/C=C\CCCCCCCCOCC1(COCCCCCCCC/C=C\C/C=C\CCCCC)CNC1. The van der Waals surface area contributed by atoms with Gasteiger partial charge in [0.2, 0.25) is 0 Å². The number of unbranched alkanes of at least 4 members (excludes halogenated alkanes) is 18. The molecule has 1 saturated heterocycles. The van der Waals surface area contributed by atoms with Crippen molar-refractivity contribution < 1.29 is 9.47 Å². The zero-order valence-electron chi connectivity index (χ0n) is 29.6. The van der Waals surface area contributed by atoms with Crippen LogP contribution in [-0.4, -0.2) is 39.5 Å². The summed E-state index contributed by atoms with van der Waals surface area (Å²) >= 11 is 0. The Kier molecular flexibility index (Phi) is 30.8. The van der Waals surface area contributed by atoms with E-state index >= 15 is 0 Å². The molecule has 256 valence electrons. The summed E-state index contributed by atoms with van der Waals surface area (Å²) in [4.78, 5) is 0. The Morgan fingerprint density at radius 3 is 1.11 bits per heavy atom. The van der Waals surface area contributed by atoms with Gasteiger partial charge in [-0.1, -0.05) is 140 Å². The van der Waals surface area contributed by atoms with Crippen molar-refractivity contribution in [3.8, 4) is 0 Å². The molecule has 1 aliphatic heterocycles. The number of ether oxygens (including phenoxy) is 2. The molecule has 0 aromatic carbocycles. The maximum absolute atomic E-state index is 6.10. The molecular formula is C41H75NO2. The van der Waals surface area contributed by atoms with Crippen molar-refractivity contribution in [3.05, 3.63) is 48.6 Å². The van der Waals surface area contributed by atoms with Crippen LogP contribution in [0.1, 0.15) is 168 Å². The van der Waals surface area contributed by atoms with E-state index in [9.17, 15) is 0 Å². The first-order chi connectivity index (χ1) is 21.8. The highest BCUT2D eigenvalue weighted by Crippen LogP contribution is 2.24. The van der Waals surface area contributed by atoms with Gasteiger partial charge < -0.3 is 14.8 Å². The van der Waals surface area contributed by atoms with Crippen LogP contribution in [0.25, 0.3) is 0 Å². The van der Waals surface area contributed by atoms with Gasteiger partial charge in [-0.3, -0.25) is 0 Å². The maximum Gasteiger partial charge on any atom is 0.0569 e. The van der Waals surface area contributed by atoms with Crippen LogP contribution < -0.4 is 5.32 Å². The summed E-state index contributed by atoms with van der Waals surface area (Å²) in [7, 11) is 0. The molecule has 1 rings (SSSR count). The van der Waals surface area contributed by atoms with Gasteiger partial charge in [0.25, 0.3) is 0 Å². The van der Waals surface area contributed by atoms with Gasteiger partial charge in [-0.2, -0.15) is 0 Å². The number of rotatable bonds is 34.